The molecule has 2 atom stereocenters. The first-order valence-electron chi connectivity index (χ1n) is 11.2. The van der Waals surface area contributed by atoms with Crippen molar-refractivity contribution in [2.24, 2.45) is 0 Å². The second-order valence-corrected chi connectivity index (χ2v) is 9.58. The molecule has 33 heavy (non-hydrogen) atoms. The fourth-order valence-corrected chi connectivity index (χ4v) is 5.45. The van der Waals surface area contributed by atoms with Gasteiger partial charge in [0.05, 0.1) is 35.3 Å². The number of rotatable bonds is 6. The van der Waals surface area contributed by atoms with Gasteiger partial charge in [-0.15, -0.1) is 0 Å². The molecule has 1 unspecified atom stereocenters. The number of nitrogens with zero attached hydrogens (tertiary/aromatic N) is 3. The zero-order valence-electron chi connectivity index (χ0n) is 18.8. The zero-order chi connectivity index (χ0) is 23.5. The van der Waals surface area contributed by atoms with Gasteiger partial charge in [-0.1, -0.05) is 43.7 Å². The Hall–Kier alpha value is -3.11. The number of hydrogen-bond acceptors (Lipinski definition) is 4. The van der Waals surface area contributed by atoms with Crippen LogP contribution in [0.15, 0.2) is 61.1 Å². The summed E-state index contributed by atoms with van der Waals surface area (Å²) < 4.78 is 5.23. The van der Waals surface area contributed by atoms with E-state index in [1.165, 1.54) is 0 Å². The molecule has 170 valence electrons. The number of carbonyl (C=O) groups excluding carboxylic acids is 1. The van der Waals surface area contributed by atoms with Crippen LogP contribution in [0, 0.1) is 11.3 Å². The van der Waals surface area contributed by atoms with E-state index in [1.807, 2.05) is 60.5 Å². The first-order chi connectivity index (χ1) is 15.9. The van der Waals surface area contributed by atoms with Crippen LogP contribution in [0.5, 0.6) is 5.75 Å². The summed E-state index contributed by atoms with van der Waals surface area (Å²) in [6.45, 7) is 2.81. The molecule has 0 spiro atoms. The molecule has 7 heteroatoms. The summed E-state index contributed by atoms with van der Waals surface area (Å²) in [7, 11) is 1.87. The van der Waals surface area contributed by atoms with Gasteiger partial charge in [0.15, 0.2) is 0 Å². The molecule has 1 saturated heterocycles. The number of carbonyl (C=O) groups is 1. The normalized spacial score (nSPS) is 20.5. The lowest BCUT2D eigenvalue weighted by Crippen LogP contribution is -2.43. The molecule has 1 aromatic heterocycles. The molecule has 0 bridgehead atoms. The molecule has 1 aliphatic rings. The van der Waals surface area contributed by atoms with Crippen LogP contribution in [-0.4, -0.2) is 34.4 Å². The molecule has 1 amide bonds. The maximum atomic E-state index is 13.4. The molecule has 0 aliphatic carbocycles. The standard InChI is InChI=1S/C26H27BrN4O2/c1-3-25(13-7-8-14-31(2)24(25)32)20-11-12-22(19(15-20)16-28)26(27,23-17-29-18-30-23)33-21-9-5-4-6-10-21/h4-6,9-12,15,17-18H,3,7-8,13-14H2,1-2H3,(H,29,30)/t25-,26?/m1/s1. The van der Waals surface area contributed by atoms with Crippen LogP contribution in [0.1, 0.15) is 55.0 Å². The van der Waals surface area contributed by atoms with Crippen molar-refractivity contribution < 1.29 is 9.53 Å². The Morgan fingerprint density at radius 1 is 1.27 bits per heavy atom. The molecule has 2 aromatic carbocycles. The number of nitriles is 1. The summed E-state index contributed by atoms with van der Waals surface area (Å²) >= 11 is 3.77. The number of likely N-dealkylation sites (tertiary alicyclic amines) is 1. The first kappa shape index (κ1) is 23.1. The lowest BCUT2D eigenvalue weighted by atomic mass is 9.73. The molecule has 4 rings (SSSR count). The SMILES string of the molecule is CC[C@]1(c2ccc(C(Br)(Oc3ccccc3)c3cnc[nH]3)c(C#N)c2)CCCCN(C)C1=O. The lowest BCUT2D eigenvalue weighted by molar-refractivity contribution is -0.135. The van der Waals surface area contributed by atoms with Crippen molar-refractivity contribution in [3.8, 4) is 11.8 Å². The highest BCUT2D eigenvalue weighted by Gasteiger charge is 2.43. The van der Waals surface area contributed by atoms with Gasteiger partial charge < -0.3 is 14.6 Å². The fraction of sp³-hybridized carbons (Fsp3) is 0.346. The van der Waals surface area contributed by atoms with Crippen molar-refractivity contribution in [3.05, 3.63) is 83.4 Å². The number of aromatic nitrogens is 2. The fourth-order valence-electron chi connectivity index (χ4n) is 4.70. The number of hydrogen-bond donors (Lipinski definition) is 1. The van der Waals surface area contributed by atoms with Crippen LogP contribution in [0.2, 0.25) is 0 Å². The van der Waals surface area contributed by atoms with Gasteiger partial charge in [-0.25, -0.2) is 4.98 Å². The number of likely N-dealkylation sites (N-methyl/N-ethyl adjacent to an activating group) is 1. The van der Waals surface area contributed by atoms with Crippen LogP contribution < -0.4 is 4.74 Å². The molecule has 1 aliphatic heterocycles. The van der Waals surface area contributed by atoms with Crippen molar-refractivity contribution in [1.29, 1.82) is 5.26 Å². The Kier molecular flexibility index (Phi) is 6.57. The van der Waals surface area contributed by atoms with Gasteiger partial charge in [0.2, 0.25) is 10.4 Å². The van der Waals surface area contributed by atoms with Crippen LogP contribution in [0.25, 0.3) is 0 Å². The molecule has 1 fully saturated rings. The van der Waals surface area contributed by atoms with Crippen LogP contribution >= 0.6 is 15.9 Å². The number of halogens is 1. The van der Waals surface area contributed by atoms with E-state index in [9.17, 15) is 10.1 Å². The van der Waals surface area contributed by atoms with E-state index in [0.29, 0.717) is 29.0 Å². The second-order valence-electron chi connectivity index (χ2n) is 8.47. The van der Waals surface area contributed by atoms with Gasteiger partial charge in [-0.3, -0.25) is 4.79 Å². The Bertz CT molecular complexity index is 1160. The summed E-state index contributed by atoms with van der Waals surface area (Å²) in [5.41, 5.74) is 2.00. The van der Waals surface area contributed by atoms with E-state index in [4.69, 9.17) is 4.74 Å². The summed E-state index contributed by atoms with van der Waals surface area (Å²) in [6.07, 6.45) is 6.66. The Morgan fingerprint density at radius 3 is 2.73 bits per heavy atom. The summed E-state index contributed by atoms with van der Waals surface area (Å²) in [5.74, 6) is 0.765. The molecule has 1 N–H and O–H groups in total. The average molecular weight is 507 g/mol. The van der Waals surface area contributed by atoms with Gasteiger partial charge in [0.1, 0.15) is 5.75 Å². The molecular weight excluding hydrogens is 480 g/mol. The van der Waals surface area contributed by atoms with Crippen molar-refractivity contribution >= 4 is 21.8 Å². The number of para-hydroxylation sites is 1. The molecule has 0 radical (unpaired) electrons. The third kappa shape index (κ3) is 4.16. The minimum Gasteiger partial charge on any atom is -0.466 e. The number of aromatic amines is 1. The van der Waals surface area contributed by atoms with E-state index in [1.54, 1.807) is 12.5 Å². The Labute approximate surface area is 202 Å². The van der Waals surface area contributed by atoms with E-state index in [-0.39, 0.29) is 5.91 Å². The van der Waals surface area contributed by atoms with Crippen LogP contribution in [-0.2, 0) is 14.7 Å². The van der Waals surface area contributed by atoms with E-state index >= 15 is 0 Å². The van der Waals surface area contributed by atoms with Crippen LogP contribution in [0.3, 0.4) is 0 Å². The van der Waals surface area contributed by atoms with Gasteiger partial charge in [-0.05, 0) is 59.0 Å². The van der Waals surface area contributed by atoms with E-state index < -0.39 is 9.93 Å². The highest BCUT2D eigenvalue weighted by atomic mass is 79.9. The second kappa shape index (κ2) is 9.40. The Morgan fingerprint density at radius 2 is 2.06 bits per heavy atom. The number of H-pyrrole nitrogens is 1. The van der Waals surface area contributed by atoms with Gasteiger partial charge in [0.25, 0.3) is 0 Å². The van der Waals surface area contributed by atoms with Crippen LogP contribution in [0.4, 0.5) is 0 Å². The molecule has 3 aromatic rings. The first-order valence-corrected chi connectivity index (χ1v) is 12.0. The van der Waals surface area contributed by atoms with E-state index in [0.717, 1.165) is 31.4 Å². The molecule has 0 saturated carbocycles. The third-order valence-electron chi connectivity index (χ3n) is 6.59. The smallest absolute Gasteiger partial charge is 0.232 e. The van der Waals surface area contributed by atoms with Gasteiger partial charge >= 0.3 is 0 Å². The minimum absolute atomic E-state index is 0.123. The van der Waals surface area contributed by atoms with Crippen molar-refractivity contribution in [1.82, 2.24) is 14.9 Å². The Balaban J connectivity index is 1.84. The van der Waals surface area contributed by atoms with Crippen molar-refractivity contribution in [3.63, 3.8) is 0 Å². The topological polar surface area (TPSA) is 82.0 Å². The maximum Gasteiger partial charge on any atom is 0.232 e. The van der Waals surface area contributed by atoms with Gasteiger partial charge in [-0.2, -0.15) is 5.26 Å². The number of amides is 1. The molecular formula is C26H27BrN4O2. The molecule has 6 nitrogen and oxygen atoms in total. The average Bonchev–Trinajstić information content (AvgIpc) is 3.35. The largest absolute Gasteiger partial charge is 0.466 e. The molecule has 2 heterocycles. The number of nitrogens with one attached hydrogen (secondary N) is 1. The summed E-state index contributed by atoms with van der Waals surface area (Å²) in [5, 5.41) is 10.2. The highest BCUT2D eigenvalue weighted by Crippen LogP contribution is 2.44. The van der Waals surface area contributed by atoms with Crippen molar-refractivity contribution in [2.45, 2.75) is 42.5 Å². The summed E-state index contributed by atoms with van der Waals surface area (Å²) in [6, 6.07) is 17.5. The zero-order valence-corrected chi connectivity index (χ0v) is 20.4. The quantitative estimate of drug-likeness (QED) is 0.463. The number of benzene rings is 2. The lowest BCUT2D eigenvalue weighted by Gasteiger charge is -2.34. The van der Waals surface area contributed by atoms with Gasteiger partial charge in [0, 0.05) is 19.2 Å². The number of ether oxygens (including phenoxy) is 1. The monoisotopic (exact) mass is 506 g/mol. The number of imidazole rings is 1. The highest BCUT2D eigenvalue weighted by molar-refractivity contribution is 9.09. The summed E-state index contributed by atoms with van der Waals surface area (Å²) in [4.78, 5) is 22.5. The predicted octanol–water partition coefficient (Wildman–Crippen LogP) is 5.25. The predicted molar refractivity (Wildman–Crippen MR) is 130 cm³/mol. The minimum atomic E-state index is -1.15. The third-order valence-corrected chi connectivity index (χ3v) is 7.61. The van der Waals surface area contributed by atoms with E-state index in [2.05, 4.69) is 38.9 Å². The number of alkyl halides is 1. The van der Waals surface area contributed by atoms with Crippen molar-refractivity contribution in [2.75, 3.05) is 13.6 Å². The maximum absolute atomic E-state index is 13.4.